The van der Waals surface area contributed by atoms with E-state index in [-0.39, 0.29) is 17.5 Å². The molecule has 0 aliphatic carbocycles. The number of hydrogen-bond donors (Lipinski definition) is 1. The normalized spacial score (nSPS) is 16.2. The van der Waals surface area contributed by atoms with Crippen molar-refractivity contribution in [3.05, 3.63) is 11.8 Å². The topological polar surface area (TPSA) is 82.4 Å². The molecule has 0 radical (unpaired) electrons. The predicted molar refractivity (Wildman–Crippen MR) is 78.4 cm³/mol. The number of piperidine rings is 1. The van der Waals surface area contributed by atoms with Crippen molar-refractivity contribution >= 4 is 23.5 Å². The van der Waals surface area contributed by atoms with Crippen LogP contribution in [0.5, 0.6) is 0 Å². The van der Waals surface area contributed by atoms with Gasteiger partial charge in [-0.05, 0) is 19.8 Å². The highest BCUT2D eigenvalue weighted by molar-refractivity contribution is 6.18. The lowest BCUT2D eigenvalue weighted by atomic mass is 9.97. The summed E-state index contributed by atoms with van der Waals surface area (Å²) in [7, 11) is 0. The highest BCUT2D eigenvalue weighted by atomic mass is 35.5. The van der Waals surface area contributed by atoms with E-state index in [0.29, 0.717) is 45.0 Å². The Morgan fingerprint density at radius 2 is 2.14 bits per heavy atom. The van der Waals surface area contributed by atoms with E-state index < -0.39 is 5.91 Å². The maximum Gasteiger partial charge on any atom is 0.309 e. The summed E-state index contributed by atoms with van der Waals surface area (Å²) < 4.78 is 5.00. The zero-order chi connectivity index (χ0) is 15.7. The Kier molecular flexibility index (Phi) is 7.62. The molecular weight excluding hydrogens is 294 g/mol. The van der Waals surface area contributed by atoms with Crippen LogP contribution in [0.4, 0.5) is 0 Å². The van der Waals surface area contributed by atoms with Gasteiger partial charge < -0.3 is 15.0 Å². The van der Waals surface area contributed by atoms with Gasteiger partial charge in [-0.3, -0.25) is 9.59 Å². The Bertz CT molecular complexity index is 437. The van der Waals surface area contributed by atoms with E-state index in [0.717, 1.165) is 0 Å². The molecular formula is C14H20ClN3O3. The number of halogens is 1. The molecule has 0 aromatic rings. The number of nitriles is 1. The summed E-state index contributed by atoms with van der Waals surface area (Å²) in [6, 6.07) is 1.88. The highest BCUT2D eigenvalue weighted by Crippen LogP contribution is 2.19. The number of carbonyl (C=O) groups excluding carboxylic acids is 2. The van der Waals surface area contributed by atoms with Gasteiger partial charge in [-0.25, -0.2) is 0 Å². The Morgan fingerprint density at radius 3 is 2.67 bits per heavy atom. The lowest BCUT2D eigenvalue weighted by Gasteiger charge is -2.30. The van der Waals surface area contributed by atoms with Crippen molar-refractivity contribution in [2.75, 3.05) is 32.1 Å². The first-order valence-corrected chi connectivity index (χ1v) is 7.52. The summed E-state index contributed by atoms with van der Waals surface area (Å²) in [4.78, 5) is 25.2. The van der Waals surface area contributed by atoms with E-state index in [9.17, 15) is 9.59 Å². The Hall–Kier alpha value is -1.74. The van der Waals surface area contributed by atoms with Crippen LogP contribution in [0.3, 0.4) is 0 Å². The molecule has 7 heteroatoms. The second kappa shape index (κ2) is 9.24. The lowest BCUT2D eigenvalue weighted by Crippen LogP contribution is -2.35. The number of esters is 1. The summed E-state index contributed by atoms with van der Waals surface area (Å²) in [5.74, 6) is -0.382. The van der Waals surface area contributed by atoms with Crippen LogP contribution >= 0.6 is 11.6 Å². The SMILES string of the molecule is CCOC(=O)C1CCN(/C=C(/C#N)C(=O)NCCCl)CC1. The summed E-state index contributed by atoms with van der Waals surface area (Å²) in [5.41, 5.74) is 0.0506. The Balaban J connectivity index is 2.52. The number of nitrogens with zero attached hydrogens (tertiary/aromatic N) is 2. The molecule has 0 aromatic carbocycles. The molecule has 1 saturated heterocycles. The van der Waals surface area contributed by atoms with Gasteiger partial charge >= 0.3 is 5.97 Å². The van der Waals surface area contributed by atoms with Crippen LogP contribution in [0.1, 0.15) is 19.8 Å². The van der Waals surface area contributed by atoms with Gasteiger partial charge in [0.05, 0.1) is 12.5 Å². The first-order chi connectivity index (χ1) is 10.1. The average molecular weight is 314 g/mol. The van der Waals surface area contributed by atoms with Crippen LogP contribution in [0.25, 0.3) is 0 Å². The van der Waals surface area contributed by atoms with Crippen molar-refractivity contribution < 1.29 is 14.3 Å². The average Bonchev–Trinajstić information content (AvgIpc) is 2.51. The third kappa shape index (κ3) is 5.64. The first-order valence-electron chi connectivity index (χ1n) is 6.99. The van der Waals surface area contributed by atoms with Gasteiger partial charge in [0.1, 0.15) is 11.6 Å². The number of nitrogens with one attached hydrogen (secondary N) is 1. The molecule has 1 fully saturated rings. The van der Waals surface area contributed by atoms with Crippen molar-refractivity contribution in [2.24, 2.45) is 5.92 Å². The first kappa shape index (κ1) is 17.3. The molecule has 1 aliphatic heterocycles. The van der Waals surface area contributed by atoms with Gasteiger partial charge in [0.2, 0.25) is 0 Å². The van der Waals surface area contributed by atoms with Crippen molar-refractivity contribution in [3.63, 3.8) is 0 Å². The standard InChI is InChI=1S/C14H20ClN3O3/c1-2-21-14(20)11-3-7-18(8-4-11)10-12(9-16)13(19)17-6-5-15/h10-11H,2-8H2,1H3,(H,17,19)/b12-10-. The molecule has 6 nitrogen and oxygen atoms in total. The van der Waals surface area contributed by atoms with Crippen molar-refractivity contribution in [2.45, 2.75) is 19.8 Å². The highest BCUT2D eigenvalue weighted by Gasteiger charge is 2.25. The lowest BCUT2D eigenvalue weighted by molar-refractivity contribution is -0.149. The zero-order valence-electron chi connectivity index (χ0n) is 12.1. The molecule has 0 unspecified atom stereocenters. The maximum absolute atomic E-state index is 11.7. The second-order valence-corrected chi connectivity index (χ2v) is 5.04. The molecule has 1 rings (SSSR count). The summed E-state index contributed by atoms with van der Waals surface area (Å²) >= 11 is 5.49. The quantitative estimate of drug-likeness (QED) is 0.343. The Labute approximate surface area is 129 Å². The van der Waals surface area contributed by atoms with Crippen molar-refractivity contribution in [1.82, 2.24) is 10.2 Å². The third-order valence-electron chi connectivity index (χ3n) is 3.21. The van der Waals surface area contributed by atoms with E-state index in [2.05, 4.69) is 5.32 Å². The number of alkyl halides is 1. The van der Waals surface area contributed by atoms with E-state index in [1.165, 1.54) is 0 Å². The molecule has 0 atom stereocenters. The largest absolute Gasteiger partial charge is 0.466 e. The molecule has 0 saturated carbocycles. The monoisotopic (exact) mass is 313 g/mol. The minimum absolute atomic E-state index is 0.0506. The molecule has 0 aromatic heterocycles. The number of carbonyl (C=O) groups is 2. The molecule has 116 valence electrons. The Morgan fingerprint density at radius 1 is 1.48 bits per heavy atom. The number of likely N-dealkylation sites (tertiary alicyclic amines) is 1. The number of amides is 1. The fraction of sp³-hybridized carbons (Fsp3) is 0.643. The number of ether oxygens (including phenoxy) is 1. The maximum atomic E-state index is 11.7. The fourth-order valence-corrected chi connectivity index (χ4v) is 2.20. The number of hydrogen-bond acceptors (Lipinski definition) is 5. The molecule has 0 bridgehead atoms. The minimum Gasteiger partial charge on any atom is -0.466 e. The molecule has 21 heavy (non-hydrogen) atoms. The molecule has 1 amide bonds. The van der Waals surface area contributed by atoms with Gasteiger partial charge in [0, 0.05) is 31.7 Å². The molecule has 0 spiro atoms. The van der Waals surface area contributed by atoms with Gasteiger partial charge in [-0.2, -0.15) is 5.26 Å². The summed E-state index contributed by atoms with van der Waals surface area (Å²) in [6.45, 7) is 3.74. The smallest absolute Gasteiger partial charge is 0.309 e. The van der Waals surface area contributed by atoms with Gasteiger partial charge in [0.25, 0.3) is 5.91 Å². The van der Waals surface area contributed by atoms with Crippen LogP contribution < -0.4 is 5.32 Å². The van der Waals surface area contributed by atoms with E-state index in [4.69, 9.17) is 21.6 Å². The van der Waals surface area contributed by atoms with Crippen LogP contribution in [0.2, 0.25) is 0 Å². The summed E-state index contributed by atoms with van der Waals surface area (Å²) in [5, 5.41) is 11.6. The fourth-order valence-electron chi connectivity index (χ4n) is 2.10. The predicted octanol–water partition coefficient (Wildman–Crippen LogP) is 1.02. The third-order valence-corrected chi connectivity index (χ3v) is 3.40. The van der Waals surface area contributed by atoms with Gasteiger partial charge in [-0.15, -0.1) is 11.6 Å². The van der Waals surface area contributed by atoms with E-state index >= 15 is 0 Å². The molecule has 1 heterocycles. The van der Waals surface area contributed by atoms with E-state index in [1.807, 2.05) is 11.0 Å². The zero-order valence-corrected chi connectivity index (χ0v) is 12.9. The van der Waals surface area contributed by atoms with Crippen molar-refractivity contribution in [1.29, 1.82) is 5.26 Å². The molecule has 1 N–H and O–H groups in total. The van der Waals surface area contributed by atoms with Gasteiger partial charge in [0.15, 0.2) is 0 Å². The summed E-state index contributed by atoms with van der Waals surface area (Å²) in [6.07, 6.45) is 2.87. The second-order valence-electron chi connectivity index (χ2n) is 4.66. The number of rotatable bonds is 6. The van der Waals surface area contributed by atoms with Crippen LogP contribution in [-0.2, 0) is 14.3 Å². The van der Waals surface area contributed by atoms with Crippen LogP contribution in [0, 0.1) is 17.2 Å². The molecule has 1 aliphatic rings. The van der Waals surface area contributed by atoms with Crippen molar-refractivity contribution in [3.8, 4) is 6.07 Å². The van der Waals surface area contributed by atoms with E-state index in [1.54, 1.807) is 13.1 Å². The van der Waals surface area contributed by atoms with Gasteiger partial charge in [-0.1, -0.05) is 0 Å². The van der Waals surface area contributed by atoms with Crippen LogP contribution in [-0.4, -0.2) is 48.9 Å². The van der Waals surface area contributed by atoms with Crippen LogP contribution in [0.15, 0.2) is 11.8 Å². The minimum atomic E-state index is -0.425.